The number of hydrogen-bond donors (Lipinski definition) is 1. The number of ether oxygens (including phenoxy) is 2. The Kier molecular flexibility index (Phi) is 7.31. The zero-order valence-electron chi connectivity index (χ0n) is 16.0. The molecule has 0 unspecified atom stereocenters. The lowest BCUT2D eigenvalue weighted by molar-refractivity contribution is 0.0474. The Morgan fingerprint density at radius 1 is 1.00 bits per heavy atom. The molecular formula is C20H23NO6S. The number of sulfonamides is 1. The zero-order chi connectivity index (χ0) is 20.7. The quantitative estimate of drug-likeness (QED) is 0.509. The Morgan fingerprint density at radius 3 is 2.11 bits per heavy atom. The predicted molar refractivity (Wildman–Crippen MR) is 104 cm³/mol. The van der Waals surface area contributed by atoms with Gasteiger partial charge in [-0.05, 0) is 61.9 Å². The second kappa shape index (κ2) is 9.48. The van der Waals surface area contributed by atoms with Crippen molar-refractivity contribution < 1.29 is 27.5 Å². The van der Waals surface area contributed by atoms with Crippen molar-refractivity contribution in [2.45, 2.75) is 31.2 Å². The molecule has 0 saturated carbocycles. The smallest absolute Gasteiger partial charge is 0.338 e. The second-order valence-corrected chi connectivity index (χ2v) is 7.90. The number of Topliss-reactive ketones (excluding diaryl/α,β-unsaturated/α-hetero) is 1. The lowest BCUT2D eigenvalue weighted by Gasteiger charge is -2.12. The maximum absolute atomic E-state index is 12.2. The van der Waals surface area contributed by atoms with E-state index < -0.39 is 22.6 Å². The average molecular weight is 405 g/mol. The minimum atomic E-state index is -3.65. The van der Waals surface area contributed by atoms with Gasteiger partial charge in [-0.2, -0.15) is 0 Å². The summed E-state index contributed by atoms with van der Waals surface area (Å²) in [5.74, 6) is -0.444. The molecule has 28 heavy (non-hydrogen) atoms. The summed E-state index contributed by atoms with van der Waals surface area (Å²) in [4.78, 5) is 24.3. The van der Waals surface area contributed by atoms with Crippen LogP contribution in [0.2, 0.25) is 0 Å². The Morgan fingerprint density at radius 2 is 1.57 bits per heavy atom. The molecule has 2 aromatic carbocycles. The third-order valence-electron chi connectivity index (χ3n) is 4.12. The summed E-state index contributed by atoms with van der Waals surface area (Å²) < 4.78 is 37.0. The number of ketones is 1. The summed E-state index contributed by atoms with van der Waals surface area (Å²) in [7, 11) is -2.12. The topological polar surface area (TPSA) is 98.8 Å². The minimum absolute atomic E-state index is 0.0543. The number of carbonyl (C=O) groups is 2. The Bertz CT molecular complexity index is 920. The van der Waals surface area contributed by atoms with Crippen molar-refractivity contribution in [3.8, 4) is 5.75 Å². The third kappa shape index (κ3) is 5.64. The maximum atomic E-state index is 12.2. The van der Waals surface area contributed by atoms with E-state index in [1.54, 1.807) is 31.2 Å². The summed E-state index contributed by atoms with van der Waals surface area (Å²) in [6, 6.07) is 11.6. The van der Waals surface area contributed by atoms with Crippen LogP contribution in [0.3, 0.4) is 0 Å². The second-order valence-electron chi connectivity index (χ2n) is 6.18. The molecule has 0 amide bonds. The highest BCUT2D eigenvalue weighted by Crippen LogP contribution is 2.14. The maximum Gasteiger partial charge on any atom is 0.338 e. The van der Waals surface area contributed by atoms with Crippen molar-refractivity contribution in [1.29, 1.82) is 0 Å². The van der Waals surface area contributed by atoms with Crippen LogP contribution in [0.1, 0.15) is 41.0 Å². The Hall–Kier alpha value is -2.71. The first-order valence-electron chi connectivity index (χ1n) is 8.73. The zero-order valence-corrected chi connectivity index (χ0v) is 16.8. The lowest BCUT2D eigenvalue weighted by Crippen LogP contribution is -2.32. The third-order valence-corrected chi connectivity index (χ3v) is 5.72. The molecule has 8 heteroatoms. The fourth-order valence-electron chi connectivity index (χ4n) is 2.26. The highest BCUT2D eigenvalue weighted by molar-refractivity contribution is 7.89. The molecule has 0 saturated heterocycles. The SMILES string of the molecule is CC[C@@H](C)NS(=O)(=O)c1ccc(C(=O)OCC(=O)c2ccc(OC)cc2)cc1. The van der Waals surface area contributed by atoms with Gasteiger partial charge in [-0.15, -0.1) is 0 Å². The van der Waals surface area contributed by atoms with Crippen LogP contribution in [0, 0.1) is 0 Å². The molecule has 7 nitrogen and oxygen atoms in total. The molecule has 0 aliphatic heterocycles. The monoisotopic (exact) mass is 405 g/mol. The molecular weight excluding hydrogens is 382 g/mol. The molecule has 2 aromatic rings. The van der Waals surface area contributed by atoms with Crippen LogP contribution in [-0.4, -0.2) is 39.9 Å². The highest BCUT2D eigenvalue weighted by Gasteiger charge is 2.18. The van der Waals surface area contributed by atoms with Crippen LogP contribution in [0.15, 0.2) is 53.4 Å². The largest absolute Gasteiger partial charge is 0.497 e. The number of rotatable bonds is 9. The molecule has 0 radical (unpaired) electrons. The first-order chi connectivity index (χ1) is 13.3. The van der Waals surface area contributed by atoms with Gasteiger partial charge in [-0.1, -0.05) is 6.92 Å². The van der Waals surface area contributed by atoms with Gasteiger partial charge in [0.25, 0.3) is 0 Å². The minimum Gasteiger partial charge on any atom is -0.497 e. The first kappa shape index (κ1) is 21.6. The van der Waals surface area contributed by atoms with Crippen molar-refractivity contribution in [3.63, 3.8) is 0 Å². The van der Waals surface area contributed by atoms with E-state index in [0.717, 1.165) is 0 Å². The molecule has 1 atom stereocenters. The molecule has 0 aliphatic carbocycles. The Balaban J connectivity index is 1.98. The van der Waals surface area contributed by atoms with Gasteiger partial charge < -0.3 is 9.47 Å². The number of carbonyl (C=O) groups excluding carboxylic acids is 2. The number of benzene rings is 2. The van der Waals surface area contributed by atoms with Crippen LogP contribution in [0.25, 0.3) is 0 Å². The van der Waals surface area contributed by atoms with E-state index in [9.17, 15) is 18.0 Å². The molecule has 1 N–H and O–H groups in total. The van der Waals surface area contributed by atoms with E-state index in [1.165, 1.54) is 31.4 Å². The van der Waals surface area contributed by atoms with Gasteiger partial charge in [0.1, 0.15) is 5.75 Å². The number of esters is 1. The van der Waals surface area contributed by atoms with Gasteiger partial charge in [-0.3, -0.25) is 4.79 Å². The van der Waals surface area contributed by atoms with Gasteiger partial charge >= 0.3 is 5.97 Å². The lowest BCUT2D eigenvalue weighted by atomic mass is 10.1. The van der Waals surface area contributed by atoms with Crippen molar-refractivity contribution in [3.05, 3.63) is 59.7 Å². The molecule has 0 heterocycles. The van der Waals surface area contributed by atoms with Crippen molar-refractivity contribution in [1.82, 2.24) is 4.72 Å². The molecule has 0 spiro atoms. The van der Waals surface area contributed by atoms with E-state index in [-0.39, 0.29) is 22.3 Å². The fourth-order valence-corrected chi connectivity index (χ4v) is 3.59. The fraction of sp³-hybridized carbons (Fsp3) is 0.300. The van der Waals surface area contributed by atoms with E-state index in [1.807, 2.05) is 6.92 Å². The van der Waals surface area contributed by atoms with Crippen molar-refractivity contribution in [2.75, 3.05) is 13.7 Å². The van der Waals surface area contributed by atoms with E-state index >= 15 is 0 Å². The predicted octanol–water partition coefficient (Wildman–Crippen LogP) is 2.81. The van der Waals surface area contributed by atoms with Crippen molar-refractivity contribution >= 4 is 21.8 Å². The summed E-state index contributed by atoms with van der Waals surface area (Å²) in [6.07, 6.45) is 0.659. The van der Waals surface area contributed by atoms with Crippen LogP contribution in [0.5, 0.6) is 5.75 Å². The molecule has 0 bridgehead atoms. The molecule has 0 aliphatic rings. The van der Waals surface area contributed by atoms with Crippen LogP contribution in [-0.2, 0) is 14.8 Å². The van der Waals surface area contributed by atoms with Gasteiger partial charge in [0, 0.05) is 11.6 Å². The van der Waals surface area contributed by atoms with E-state index in [2.05, 4.69) is 4.72 Å². The van der Waals surface area contributed by atoms with Crippen LogP contribution >= 0.6 is 0 Å². The number of nitrogens with one attached hydrogen (secondary N) is 1. The first-order valence-corrected chi connectivity index (χ1v) is 10.2. The van der Waals surface area contributed by atoms with Gasteiger partial charge in [0.05, 0.1) is 17.6 Å². The summed E-state index contributed by atoms with van der Waals surface area (Å²) in [5.41, 5.74) is 0.552. The van der Waals surface area contributed by atoms with Gasteiger partial charge in [0.15, 0.2) is 12.4 Å². The van der Waals surface area contributed by atoms with Gasteiger partial charge in [0.2, 0.25) is 10.0 Å². The number of methoxy groups -OCH3 is 1. The summed E-state index contributed by atoms with van der Waals surface area (Å²) >= 11 is 0. The standard InChI is InChI=1S/C20H23NO6S/c1-4-14(2)21-28(24,25)18-11-7-16(8-12-18)20(23)27-13-19(22)15-5-9-17(26-3)10-6-15/h5-12,14,21H,4,13H2,1-3H3/t14-/m1/s1. The highest BCUT2D eigenvalue weighted by atomic mass is 32.2. The number of hydrogen-bond acceptors (Lipinski definition) is 6. The van der Waals surface area contributed by atoms with Crippen LogP contribution in [0.4, 0.5) is 0 Å². The van der Waals surface area contributed by atoms with Crippen molar-refractivity contribution in [2.24, 2.45) is 0 Å². The van der Waals surface area contributed by atoms with E-state index in [4.69, 9.17) is 9.47 Å². The molecule has 0 aromatic heterocycles. The molecule has 0 fully saturated rings. The molecule has 2 rings (SSSR count). The molecule has 150 valence electrons. The summed E-state index contributed by atoms with van der Waals surface area (Å²) in [5, 5.41) is 0. The Labute approximate surface area is 164 Å². The van der Waals surface area contributed by atoms with E-state index in [0.29, 0.717) is 17.7 Å². The average Bonchev–Trinajstić information content (AvgIpc) is 2.71. The summed E-state index contributed by atoms with van der Waals surface area (Å²) in [6.45, 7) is 3.23. The normalized spacial score (nSPS) is 12.2. The van der Waals surface area contributed by atoms with Gasteiger partial charge in [-0.25, -0.2) is 17.9 Å². The van der Waals surface area contributed by atoms with Crippen LogP contribution < -0.4 is 9.46 Å².